The molecule has 0 bridgehead atoms. The number of halogens is 1. The van der Waals surface area contributed by atoms with E-state index >= 15 is 0 Å². The predicted octanol–water partition coefficient (Wildman–Crippen LogP) is 4.09. The topological polar surface area (TPSA) is 67.3 Å². The average molecular weight is 459 g/mol. The van der Waals surface area contributed by atoms with Crippen molar-refractivity contribution in [3.05, 3.63) is 46.2 Å². The maximum Gasteiger partial charge on any atom is 0.330 e. The molecule has 4 rings (SSSR count). The number of fused-ring (bicyclic) bond motifs is 3. The molecule has 2 aliphatic rings. The number of amides is 2. The van der Waals surface area contributed by atoms with Gasteiger partial charge in [-0.3, -0.25) is 14.8 Å². The summed E-state index contributed by atoms with van der Waals surface area (Å²) in [5.74, 6) is 2.01. The van der Waals surface area contributed by atoms with Crippen LogP contribution in [0, 0.1) is 5.41 Å². The Balaban J connectivity index is 1.79. The lowest BCUT2D eigenvalue weighted by atomic mass is 9.90. The molecule has 0 saturated carbocycles. The maximum atomic E-state index is 13.5. The minimum absolute atomic E-state index is 0.0864. The lowest BCUT2D eigenvalue weighted by molar-refractivity contribution is 0.200. The van der Waals surface area contributed by atoms with E-state index < -0.39 is 0 Å². The van der Waals surface area contributed by atoms with Crippen LogP contribution < -0.4 is 14.4 Å². The molecule has 2 aromatic rings. The second-order valence-corrected chi connectivity index (χ2v) is 8.92. The van der Waals surface area contributed by atoms with Crippen molar-refractivity contribution < 1.29 is 14.3 Å². The Morgan fingerprint density at radius 1 is 1.14 bits per heavy atom. The number of carbonyl (C=O) groups is 1. The first kappa shape index (κ1) is 19.7. The highest BCUT2D eigenvalue weighted by Gasteiger charge is 2.41. The van der Waals surface area contributed by atoms with Crippen LogP contribution in [0.2, 0.25) is 0 Å². The van der Waals surface area contributed by atoms with Gasteiger partial charge in [-0.05, 0) is 39.7 Å². The van der Waals surface area contributed by atoms with Crippen LogP contribution in [0.25, 0.3) is 0 Å². The van der Waals surface area contributed by atoms with Crippen LogP contribution in [0.1, 0.15) is 25.1 Å². The molecule has 29 heavy (non-hydrogen) atoms. The van der Waals surface area contributed by atoms with E-state index in [1.165, 1.54) is 0 Å². The van der Waals surface area contributed by atoms with Gasteiger partial charge in [0.15, 0.2) is 5.84 Å². The van der Waals surface area contributed by atoms with E-state index in [1.54, 1.807) is 30.2 Å². The number of aromatic nitrogens is 1. The van der Waals surface area contributed by atoms with Crippen molar-refractivity contribution >= 4 is 33.5 Å². The van der Waals surface area contributed by atoms with Crippen LogP contribution in [0.15, 0.2) is 39.9 Å². The molecule has 0 unspecified atom stereocenters. The highest BCUT2D eigenvalue weighted by molar-refractivity contribution is 9.10. The standard InChI is InChI=1S/C21H23BrN4O3/c1-21(2)11-24-19-18-17(7-14(22)9-23-18)25(20(27)26(19)12-21)10-13-5-15(28-3)8-16(6-13)29-4/h5-9H,10-12H2,1-4H3. The third-order valence-corrected chi connectivity index (χ3v) is 5.48. The molecule has 0 spiro atoms. The number of methoxy groups -OCH3 is 2. The van der Waals surface area contributed by atoms with Gasteiger partial charge in [-0.15, -0.1) is 0 Å². The van der Waals surface area contributed by atoms with Crippen molar-refractivity contribution in [3.63, 3.8) is 0 Å². The molecule has 0 N–H and O–H groups in total. The predicted molar refractivity (Wildman–Crippen MR) is 115 cm³/mol. The average Bonchev–Trinajstić information content (AvgIpc) is 2.70. The van der Waals surface area contributed by atoms with Crippen molar-refractivity contribution in [2.24, 2.45) is 10.4 Å². The molecular weight excluding hydrogens is 436 g/mol. The molecule has 0 fully saturated rings. The highest BCUT2D eigenvalue weighted by Crippen LogP contribution is 2.36. The smallest absolute Gasteiger partial charge is 0.330 e. The van der Waals surface area contributed by atoms with Gasteiger partial charge in [0.05, 0.1) is 26.5 Å². The van der Waals surface area contributed by atoms with Gasteiger partial charge in [0.2, 0.25) is 0 Å². The lowest BCUT2D eigenvalue weighted by Gasteiger charge is -2.43. The molecule has 7 nitrogen and oxygen atoms in total. The molecule has 8 heteroatoms. The van der Waals surface area contributed by atoms with Crippen LogP contribution in [-0.4, -0.2) is 49.1 Å². The molecular formula is C21H23BrN4O3. The molecule has 2 amide bonds. The normalized spacial score (nSPS) is 17.4. The number of pyridine rings is 1. The summed E-state index contributed by atoms with van der Waals surface area (Å²) < 4.78 is 11.6. The largest absolute Gasteiger partial charge is 0.497 e. The fourth-order valence-corrected chi connectivity index (χ4v) is 3.96. The van der Waals surface area contributed by atoms with E-state index in [0.29, 0.717) is 37.0 Å². The van der Waals surface area contributed by atoms with Crippen molar-refractivity contribution in [2.75, 3.05) is 32.2 Å². The minimum Gasteiger partial charge on any atom is -0.497 e. The summed E-state index contributed by atoms with van der Waals surface area (Å²) in [5.41, 5.74) is 2.27. The number of anilines is 1. The van der Waals surface area contributed by atoms with E-state index in [-0.39, 0.29) is 11.4 Å². The Bertz CT molecular complexity index is 983. The summed E-state index contributed by atoms with van der Waals surface area (Å²) in [6.45, 7) is 5.85. The monoisotopic (exact) mass is 458 g/mol. The molecule has 152 valence electrons. The number of urea groups is 1. The van der Waals surface area contributed by atoms with E-state index in [0.717, 1.165) is 21.4 Å². The first-order valence-electron chi connectivity index (χ1n) is 9.33. The maximum absolute atomic E-state index is 13.5. The Kier molecular flexibility index (Phi) is 4.98. The van der Waals surface area contributed by atoms with Gasteiger partial charge in [0.1, 0.15) is 17.2 Å². The lowest BCUT2D eigenvalue weighted by Crippen LogP contribution is -2.56. The number of ether oxygens (including phenoxy) is 2. The number of amidine groups is 1. The summed E-state index contributed by atoms with van der Waals surface area (Å²) in [6, 6.07) is 7.43. The van der Waals surface area contributed by atoms with Crippen molar-refractivity contribution in [1.29, 1.82) is 0 Å². The Morgan fingerprint density at radius 3 is 2.48 bits per heavy atom. The second-order valence-electron chi connectivity index (χ2n) is 8.00. The van der Waals surface area contributed by atoms with Crippen LogP contribution >= 0.6 is 15.9 Å². The molecule has 0 atom stereocenters. The third-order valence-electron chi connectivity index (χ3n) is 5.05. The molecule has 0 aliphatic carbocycles. The molecule has 0 saturated heterocycles. The second kappa shape index (κ2) is 7.33. The fourth-order valence-electron chi connectivity index (χ4n) is 3.64. The van der Waals surface area contributed by atoms with E-state index in [1.807, 2.05) is 24.3 Å². The van der Waals surface area contributed by atoms with Gasteiger partial charge in [-0.25, -0.2) is 9.78 Å². The van der Waals surface area contributed by atoms with E-state index in [9.17, 15) is 4.79 Å². The van der Waals surface area contributed by atoms with Crippen LogP contribution in [0.3, 0.4) is 0 Å². The minimum atomic E-state index is -0.106. The van der Waals surface area contributed by atoms with Gasteiger partial charge < -0.3 is 9.47 Å². The van der Waals surface area contributed by atoms with Gasteiger partial charge >= 0.3 is 6.03 Å². The Morgan fingerprint density at radius 2 is 1.83 bits per heavy atom. The molecule has 1 aromatic heterocycles. The number of hydrogen-bond donors (Lipinski definition) is 0. The summed E-state index contributed by atoms with van der Waals surface area (Å²) in [7, 11) is 3.22. The molecule has 0 radical (unpaired) electrons. The van der Waals surface area contributed by atoms with Crippen molar-refractivity contribution in [1.82, 2.24) is 9.88 Å². The number of hydrogen-bond acceptors (Lipinski definition) is 5. The summed E-state index contributed by atoms with van der Waals surface area (Å²) in [5, 5.41) is 0. The number of nitrogens with zero attached hydrogens (tertiary/aromatic N) is 4. The van der Waals surface area contributed by atoms with Gasteiger partial charge in [-0.2, -0.15) is 0 Å². The number of rotatable bonds is 4. The Labute approximate surface area is 178 Å². The van der Waals surface area contributed by atoms with E-state index in [2.05, 4.69) is 34.8 Å². The highest BCUT2D eigenvalue weighted by atomic mass is 79.9. The van der Waals surface area contributed by atoms with Crippen LogP contribution in [0.4, 0.5) is 10.5 Å². The number of aliphatic imine (C=N–C) groups is 1. The van der Waals surface area contributed by atoms with Gasteiger partial charge in [0.25, 0.3) is 0 Å². The molecule has 2 aliphatic heterocycles. The first-order chi connectivity index (χ1) is 13.8. The van der Waals surface area contributed by atoms with Crippen molar-refractivity contribution in [2.45, 2.75) is 20.4 Å². The summed E-state index contributed by atoms with van der Waals surface area (Å²) in [6.07, 6.45) is 1.74. The third kappa shape index (κ3) is 3.69. The van der Waals surface area contributed by atoms with Gasteiger partial charge in [-0.1, -0.05) is 13.8 Å². The zero-order valence-electron chi connectivity index (χ0n) is 16.9. The van der Waals surface area contributed by atoms with Crippen molar-refractivity contribution in [3.8, 4) is 11.5 Å². The summed E-state index contributed by atoms with van der Waals surface area (Å²) in [4.78, 5) is 26.3. The number of carbonyl (C=O) groups excluding carboxylic acids is 1. The first-order valence-corrected chi connectivity index (χ1v) is 10.1. The van der Waals surface area contributed by atoms with Gasteiger partial charge in [0, 0.05) is 35.2 Å². The summed E-state index contributed by atoms with van der Waals surface area (Å²) >= 11 is 3.48. The van der Waals surface area contributed by atoms with E-state index in [4.69, 9.17) is 14.5 Å². The zero-order valence-corrected chi connectivity index (χ0v) is 18.5. The zero-order chi connectivity index (χ0) is 20.8. The van der Waals surface area contributed by atoms with Crippen LogP contribution in [-0.2, 0) is 6.54 Å². The molecule has 1 aromatic carbocycles. The quantitative estimate of drug-likeness (QED) is 0.691. The Hall–Kier alpha value is -2.61. The molecule has 3 heterocycles. The SMILES string of the molecule is COc1cc(CN2C(=O)N3CC(C)(C)CN=C3c3ncc(Br)cc32)cc(OC)c1. The fraction of sp³-hybridized carbons (Fsp3) is 0.381. The van der Waals surface area contributed by atoms with Crippen LogP contribution in [0.5, 0.6) is 11.5 Å². The number of benzene rings is 1.